The van der Waals surface area contributed by atoms with E-state index < -0.39 is 0 Å². The number of fused-ring (bicyclic) bond motifs is 1. The van der Waals surface area contributed by atoms with Gasteiger partial charge in [-0.3, -0.25) is 9.89 Å². The van der Waals surface area contributed by atoms with E-state index in [0.717, 1.165) is 22.8 Å². The number of carbonyl (C=O) groups excluding carboxylic acids is 1. The van der Waals surface area contributed by atoms with Gasteiger partial charge < -0.3 is 14.4 Å². The van der Waals surface area contributed by atoms with Crippen LogP contribution in [0.3, 0.4) is 0 Å². The van der Waals surface area contributed by atoms with Crippen molar-refractivity contribution in [1.29, 1.82) is 0 Å². The molecule has 0 spiro atoms. The lowest BCUT2D eigenvalue weighted by Gasteiger charge is -2.22. The van der Waals surface area contributed by atoms with Gasteiger partial charge in [-0.25, -0.2) is 0 Å². The average Bonchev–Trinajstić information content (AvgIpc) is 3.09. The van der Waals surface area contributed by atoms with E-state index in [4.69, 9.17) is 9.47 Å². The summed E-state index contributed by atoms with van der Waals surface area (Å²) in [6, 6.07) is 7.63. The number of ether oxygens (including phenoxy) is 2. The third-order valence-corrected chi connectivity index (χ3v) is 4.09. The van der Waals surface area contributed by atoms with Crippen LogP contribution < -0.4 is 9.47 Å². The summed E-state index contributed by atoms with van der Waals surface area (Å²) < 4.78 is 11.1. The van der Waals surface area contributed by atoms with E-state index in [1.165, 1.54) is 0 Å². The fourth-order valence-corrected chi connectivity index (χ4v) is 2.64. The normalized spacial score (nSPS) is 13.2. The van der Waals surface area contributed by atoms with Gasteiger partial charge in [0, 0.05) is 18.8 Å². The highest BCUT2D eigenvalue weighted by atomic mass is 16.6. The average molecular weight is 329 g/mol. The lowest BCUT2D eigenvalue weighted by molar-refractivity contribution is 0.0746. The molecule has 128 valence electrons. The Morgan fingerprint density at radius 3 is 2.67 bits per heavy atom. The number of aromatic nitrogens is 2. The van der Waals surface area contributed by atoms with Crippen LogP contribution in [0.15, 0.2) is 24.3 Å². The molecule has 2 heterocycles. The van der Waals surface area contributed by atoms with E-state index in [1.54, 1.807) is 4.90 Å². The third-order valence-electron chi connectivity index (χ3n) is 4.09. The van der Waals surface area contributed by atoms with Crippen molar-refractivity contribution < 1.29 is 14.3 Å². The summed E-state index contributed by atoms with van der Waals surface area (Å²) in [5.74, 6) is 1.74. The molecule has 0 bridgehead atoms. The lowest BCUT2D eigenvalue weighted by Crippen LogP contribution is -2.30. The van der Waals surface area contributed by atoms with Crippen LogP contribution in [-0.4, -0.2) is 40.8 Å². The molecule has 3 rings (SSSR count). The van der Waals surface area contributed by atoms with Gasteiger partial charge in [-0.2, -0.15) is 5.10 Å². The smallest absolute Gasteiger partial charge is 0.274 e. The van der Waals surface area contributed by atoms with Crippen LogP contribution in [0.25, 0.3) is 0 Å². The Morgan fingerprint density at radius 1 is 1.25 bits per heavy atom. The first-order chi connectivity index (χ1) is 11.6. The molecule has 1 amide bonds. The molecule has 6 nitrogen and oxygen atoms in total. The third kappa shape index (κ3) is 3.37. The fraction of sp³-hybridized carbons (Fsp3) is 0.444. The highest BCUT2D eigenvalue weighted by Gasteiger charge is 2.19. The Morgan fingerprint density at radius 2 is 2.00 bits per heavy atom. The topological polar surface area (TPSA) is 67.5 Å². The van der Waals surface area contributed by atoms with E-state index in [0.29, 0.717) is 37.9 Å². The minimum atomic E-state index is -0.0736. The second-order valence-electron chi connectivity index (χ2n) is 6.16. The van der Waals surface area contributed by atoms with Gasteiger partial charge in [0.2, 0.25) is 0 Å². The Kier molecular flexibility index (Phi) is 4.74. The van der Waals surface area contributed by atoms with Gasteiger partial charge in [0.15, 0.2) is 11.5 Å². The van der Waals surface area contributed by atoms with Crippen LogP contribution in [0.1, 0.15) is 48.4 Å². The zero-order valence-electron chi connectivity index (χ0n) is 14.3. The first-order valence-corrected chi connectivity index (χ1v) is 8.31. The number of rotatable bonds is 5. The van der Waals surface area contributed by atoms with Crippen molar-refractivity contribution in [2.24, 2.45) is 0 Å². The summed E-state index contributed by atoms with van der Waals surface area (Å²) in [6.45, 7) is 8.34. The van der Waals surface area contributed by atoms with Gasteiger partial charge in [-0.05, 0) is 36.6 Å². The van der Waals surface area contributed by atoms with E-state index in [2.05, 4.69) is 24.0 Å². The predicted molar refractivity (Wildman–Crippen MR) is 90.5 cm³/mol. The summed E-state index contributed by atoms with van der Waals surface area (Å²) in [7, 11) is 0. The molecule has 0 saturated heterocycles. The van der Waals surface area contributed by atoms with Gasteiger partial charge in [0.05, 0.1) is 0 Å². The first-order valence-electron chi connectivity index (χ1n) is 8.31. The maximum atomic E-state index is 12.7. The zero-order chi connectivity index (χ0) is 17.1. The highest BCUT2D eigenvalue weighted by molar-refractivity contribution is 5.92. The van der Waals surface area contributed by atoms with Crippen molar-refractivity contribution in [3.8, 4) is 11.5 Å². The predicted octanol–water partition coefficient (Wildman–Crippen LogP) is 2.97. The van der Waals surface area contributed by atoms with E-state index >= 15 is 0 Å². The molecule has 0 fully saturated rings. The minimum Gasteiger partial charge on any atom is -0.486 e. The van der Waals surface area contributed by atoms with Gasteiger partial charge in [0.25, 0.3) is 5.91 Å². The lowest BCUT2D eigenvalue weighted by atomic mass is 10.1. The Labute approximate surface area is 141 Å². The number of nitrogens with zero attached hydrogens (tertiary/aromatic N) is 2. The molecular weight excluding hydrogens is 306 g/mol. The van der Waals surface area contributed by atoms with E-state index in [-0.39, 0.29) is 5.91 Å². The van der Waals surface area contributed by atoms with Crippen molar-refractivity contribution in [1.82, 2.24) is 15.1 Å². The first kappa shape index (κ1) is 16.4. The molecule has 0 aliphatic carbocycles. The Balaban J connectivity index is 1.75. The van der Waals surface area contributed by atoms with Crippen molar-refractivity contribution in [3.05, 3.63) is 41.2 Å². The van der Waals surface area contributed by atoms with Crippen LogP contribution in [0.4, 0.5) is 0 Å². The monoisotopic (exact) mass is 329 g/mol. The van der Waals surface area contributed by atoms with Gasteiger partial charge in [-0.1, -0.05) is 19.9 Å². The van der Waals surface area contributed by atoms with Gasteiger partial charge in [-0.15, -0.1) is 0 Å². The molecule has 1 aliphatic heterocycles. The maximum Gasteiger partial charge on any atom is 0.274 e. The summed E-state index contributed by atoms with van der Waals surface area (Å²) in [5.41, 5.74) is 2.43. The molecule has 0 atom stereocenters. The quantitative estimate of drug-likeness (QED) is 0.916. The standard InChI is InChI=1S/C18H23N3O3/c1-4-21(18(22)15-10-14(12(2)3)19-20-15)11-13-5-6-16-17(9-13)24-8-7-23-16/h5-6,9-10,12H,4,7-8,11H2,1-3H3,(H,19,20). The SMILES string of the molecule is CCN(Cc1ccc2c(c1)OCCO2)C(=O)c1cc(C(C)C)[nH]n1. The number of carbonyl (C=O) groups is 1. The Hall–Kier alpha value is -2.50. The zero-order valence-corrected chi connectivity index (χ0v) is 14.3. The van der Waals surface area contributed by atoms with Gasteiger partial charge in [0.1, 0.15) is 18.9 Å². The van der Waals surface area contributed by atoms with Crippen LogP contribution in [0.2, 0.25) is 0 Å². The van der Waals surface area contributed by atoms with Crippen LogP contribution >= 0.6 is 0 Å². The van der Waals surface area contributed by atoms with Crippen molar-refractivity contribution in [2.45, 2.75) is 33.2 Å². The number of benzene rings is 1. The fourth-order valence-electron chi connectivity index (χ4n) is 2.64. The molecule has 24 heavy (non-hydrogen) atoms. The molecular formula is C18H23N3O3. The Bertz CT molecular complexity index is 724. The van der Waals surface area contributed by atoms with Crippen molar-refractivity contribution in [2.75, 3.05) is 19.8 Å². The molecule has 6 heteroatoms. The molecule has 0 unspecified atom stereocenters. The van der Waals surface area contributed by atoms with E-state index in [9.17, 15) is 4.79 Å². The number of hydrogen-bond acceptors (Lipinski definition) is 4. The van der Waals surface area contributed by atoms with Crippen molar-refractivity contribution in [3.63, 3.8) is 0 Å². The largest absolute Gasteiger partial charge is 0.486 e. The molecule has 0 saturated carbocycles. The van der Waals surface area contributed by atoms with Crippen LogP contribution in [-0.2, 0) is 6.54 Å². The summed E-state index contributed by atoms with van der Waals surface area (Å²) in [6.07, 6.45) is 0. The number of nitrogens with one attached hydrogen (secondary N) is 1. The van der Waals surface area contributed by atoms with Crippen molar-refractivity contribution >= 4 is 5.91 Å². The summed E-state index contributed by atoms with van der Waals surface area (Å²) in [5, 5.41) is 7.09. The molecule has 2 aromatic rings. The molecule has 1 aliphatic rings. The van der Waals surface area contributed by atoms with E-state index in [1.807, 2.05) is 31.2 Å². The van der Waals surface area contributed by atoms with Gasteiger partial charge >= 0.3 is 0 Å². The molecule has 1 aromatic heterocycles. The molecule has 1 aromatic carbocycles. The number of amides is 1. The molecule has 0 radical (unpaired) electrons. The maximum absolute atomic E-state index is 12.7. The number of H-pyrrole nitrogens is 1. The highest BCUT2D eigenvalue weighted by Crippen LogP contribution is 2.31. The number of aromatic amines is 1. The second kappa shape index (κ2) is 6.95. The number of hydrogen-bond donors (Lipinski definition) is 1. The van der Waals surface area contributed by atoms with Crippen LogP contribution in [0.5, 0.6) is 11.5 Å². The van der Waals surface area contributed by atoms with Crippen LogP contribution in [0, 0.1) is 0 Å². The second-order valence-corrected chi connectivity index (χ2v) is 6.16. The summed E-state index contributed by atoms with van der Waals surface area (Å²) >= 11 is 0. The summed E-state index contributed by atoms with van der Waals surface area (Å²) in [4.78, 5) is 14.5. The minimum absolute atomic E-state index is 0.0736. The molecule has 1 N–H and O–H groups in total.